The topological polar surface area (TPSA) is 33.1 Å². The lowest BCUT2D eigenvalue weighted by atomic mass is 10.0. The maximum atomic E-state index is 4.55. The Hall–Kier alpha value is -1.03. The monoisotopic (exact) mass is 234 g/mol. The second-order valence-corrected chi connectivity index (χ2v) is 5.12. The van der Waals surface area contributed by atoms with Gasteiger partial charge in [0.15, 0.2) is 0 Å². The Morgan fingerprint density at radius 3 is 3.12 bits per heavy atom. The van der Waals surface area contributed by atoms with Crippen molar-refractivity contribution < 1.29 is 0 Å². The van der Waals surface area contributed by atoms with Crippen molar-refractivity contribution in [2.45, 2.75) is 51.2 Å². The minimum atomic E-state index is 0.658. The molecule has 0 aromatic carbocycles. The van der Waals surface area contributed by atoms with Crippen LogP contribution in [0, 0.1) is 0 Å². The molecule has 1 N–H and O–H groups in total. The number of rotatable bonds is 3. The molecule has 94 valence electrons. The first-order valence-electron chi connectivity index (χ1n) is 6.91. The standard InChI is InChI=1S/C13H22N4/c1-2-16-10-8-15-13(16)17-9-4-6-12(17)11-5-3-7-14-11/h8,10-12,14H,2-7,9H2,1H3. The van der Waals surface area contributed by atoms with E-state index in [0.29, 0.717) is 12.1 Å². The van der Waals surface area contributed by atoms with Gasteiger partial charge < -0.3 is 14.8 Å². The van der Waals surface area contributed by atoms with E-state index < -0.39 is 0 Å². The molecule has 2 aliphatic rings. The summed E-state index contributed by atoms with van der Waals surface area (Å²) < 4.78 is 2.26. The van der Waals surface area contributed by atoms with Crippen molar-refractivity contribution in [1.82, 2.24) is 14.9 Å². The minimum absolute atomic E-state index is 0.658. The molecule has 4 nitrogen and oxygen atoms in total. The molecule has 3 rings (SSSR count). The molecule has 0 spiro atoms. The van der Waals surface area contributed by atoms with E-state index in [0.717, 1.165) is 6.54 Å². The van der Waals surface area contributed by atoms with Crippen molar-refractivity contribution in [3.05, 3.63) is 12.4 Å². The molecule has 1 aromatic heterocycles. The molecule has 0 amide bonds. The Bertz CT molecular complexity index is 367. The highest BCUT2D eigenvalue weighted by molar-refractivity contribution is 5.36. The van der Waals surface area contributed by atoms with Crippen LogP contribution in [0.3, 0.4) is 0 Å². The van der Waals surface area contributed by atoms with Crippen LogP contribution in [0.5, 0.6) is 0 Å². The summed E-state index contributed by atoms with van der Waals surface area (Å²) in [5.41, 5.74) is 0. The molecule has 2 aliphatic heterocycles. The maximum absolute atomic E-state index is 4.55. The van der Waals surface area contributed by atoms with Gasteiger partial charge in [0, 0.05) is 37.6 Å². The number of aryl methyl sites for hydroxylation is 1. The van der Waals surface area contributed by atoms with E-state index in [-0.39, 0.29) is 0 Å². The second-order valence-electron chi connectivity index (χ2n) is 5.12. The highest BCUT2D eigenvalue weighted by Crippen LogP contribution is 2.28. The van der Waals surface area contributed by atoms with Gasteiger partial charge in [-0.3, -0.25) is 0 Å². The molecule has 2 fully saturated rings. The number of hydrogen-bond acceptors (Lipinski definition) is 3. The Labute approximate surface area is 103 Å². The van der Waals surface area contributed by atoms with Crippen LogP contribution >= 0.6 is 0 Å². The van der Waals surface area contributed by atoms with Crippen LogP contribution in [-0.4, -0.2) is 34.7 Å². The van der Waals surface area contributed by atoms with Crippen LogP contribution in [-0.2, 0) is 6.54 Å². The van der Waals surface area contributed by atoms with E-state index in [2.05, 4.69) is 32.9 Å². The SMILES string of the molecule is CCn1ccnc1N1CCCC1C1CCCN1. The van der Waals surface area contributed by atoms with Crippen LogP contribution < -0.4 is 10.2 Å². The van der Waals surface area contributed by atoms with Gasteiger partial charge in [0.25, 0.3) is 0 Å². The smallest absolute Gasteiger partial charge is 0.205 e. The summed E-state index contributed by atoms with van der Waals surface area (Å²) in [6.07, 6.45) is 9.29. The van der Waals surface area contributed by atoms with Gasteiger partial charge >= 0.3 is 0 Å². The highest BCUT2D eigenvalue weighted by Gasteiger charge is 2.34. The van der Waals surface area contributed by atoms with Crippen LogP contribution in [0.25, 0.3) is 0 Å². The van der Waals surface area contributed by atoms with Gasteiger partial charge in [-0.05, 0) is 39.2 Å². The normalized spacial score (nSPS) is 29.1. The molecule has 0 radical (unpaired) electrons. The summed E-state index contributed by atoms with van der Waals surface area (Å²) in [5.74, 6) is 1.17. The first-order valence-corrected chi connectivity index (χ1v) is 6.91. The maximum Gasteiger partial charge on any atom is 0.205 e. The average Bonchev–Trinajstić information content (AvgIpc) is 3.09. The number of anilines is 1. The molecule has 2 saturated heterocycles. The van der Waals surface area contributed by atoms with E-state index in [1.54, 1.807) is 0 Å². The van der Waals surface area contributed by atoms with E-state index >= 15 is 0 Å². The third-order valence-corrected chi connectivity index (χ3v) is 4.15. The van der Waals surface area contributed by atoms with E-state index in [1.807, 2.05) is 6.20 Å². The van der Waals surface area contributed by atoms with Crippen molar-refractivity contribution in [1.29, 1.82) is 0 Å². The van der Waals surface area contributed by atoms with Gasteiger partial charge in [0.05, 0.1) is 0 Å². The van der Waals surface area contributed by atoms with Crippen molar-refractivity contribution in [3.8, 4) is 0 Å². The summed E-state index contributed by atoms with van der Waals surface area (Å²) >= 11 is 0. The minimum Gasteiger partial charge on any atom is -0.338 e. The number of hydrogen-bond donors (Lipinski definition) is 1. The Balaban J connectivity index is 1.81. The van der Waals surface area contributed by atoms with Gasteiger partial charge in [0.2, 0.25) is 5.95 Å². The van der Waals surface area contributed by atoms with Gasteiger partial charge in [0.1, 0.15) is 0 Å². The third kappa shape index (κ3) is 1.95. The Morgan fingerprint density at radius 2 is 2.35 bits per heavy atom. The molecule has 2 atom stereocenters. The summed E-state index contributed by atoms with van der Waals surface area (Å²) in [5, 5.41) is 3.65. The molecule has 0 bridgehead atoms. The lowest BCUT2D eigenvalue weighted by Crippen LogP contribution is -2.45. The first kappa shape index (κ1) is 11.1. The molecule has 17 heavy (non-hydrogen) atoms. The zero-order valence-corrected chi connectivity index (χ0v) is 10.6. The molecule has 0 aliphatic carbocycles. The average molecular weight is 234 g/mol. The molecule has 1 aromatic rings. The second kappa shape index (κ2) is 4.69. The fraction of sp³-hybridized carbons (Fsp3) is 0.769. The number of nitrogens with one attached hydrogen (secondary N) is 1. The predicted octanol–water partition coefficient (Wildman–Crippen LogP) is 1.62. The summed E-state index contributed by atoms with van der Waals surface area (Å²) in [4.78, 5) is 7.07. The number of nitrogens with zero attached hydrogens (tertiary/aromatic N) is 3. The van der Waals surface area contributed by atoms with Gasteiger partial charge in [-0.15, -0.1) is 0 Å². The fourth-order valence-electron chi connectivity index (χ4n) is 3.31. The largest absolute Gasteiger partial charge is 0.338 e. The van der Waals surface area contributed by atoms with E-state index in [9.17, 15) is 0 Å². The molecule has 3 heterocycles. The molecular formula is C13H22N4. The lowest BCUT2D eigenvalue weighted by Gasteiger charge is -2.30. The molecular weight excluding hydrogens is 212 g/mol. The molecule has 2 unspecified atom stereocenters. The lowest BCUT2D eigenvalue weighted by molar-refractivity contribution is 0.475. The fourth-order valence-corrected chi connectivity index (χ4v) is 3.31. The summed E-state index contributed by atoms with van der Waals surface area (Å²) in [6.45, 7) is 5.55. The van der Waals surface area contributed by atoms with Crippen molar-refractivity contribution in [2.24, 2.45) is 0 Å². The Morgan fingerprint density at radius 1 is 1.41 bits per heavy atom. The number of imidazole rings is 1. The summed E-state index contributed by atoms with van der Waals surface area (Å²) in [7, 11) is 0. The highest BCUT2D eigenvalue weighted by atomic mass is 15.3. The molecule has 0 saturated carbocycles. The van der Waals surface area contributed by atoms with Gasteiger partial charge in [-0.25, -0.2) is 4.98 Å². The number of aromatic nitrogens is 2. The zero-order valence-electron chi connectivity index (χ0n) is 10.6. The Kier molecular flexibility index (Phi) is 3.05. The predicted molar refractivity (Wildman–Crippen MR) is 69.3 cm³/mol. The van der Waals surface area contributed by atoms with Crippen molar-refractivity contribution >= 4 is 5.95 Å². The van der Waals surface area contributed by atoms with Crippen LogP contribution in [0.1, 0.15) is 32.6 Å². The van der Waals surface area contributed by atoms with Gasteiger partial charge in [-0.1, -0.05) is 0 Å². The van der Waals surface area contributed by atoms with Crippen molar-refractivity contribution in [2.75, 3.05) is 18.0 Å². The van der Waals surface area contributed by atoms with Crippen LogP contribution in [0.4, 0.5) is 5.95 Å². The zero-order chi connectivity index (χ0) is 11.7. The third-order valence-electron chi connectivity index (χ3n) is 4.15. The van der Waals surface area contributed by atoms with Gasteiger partial charge in [-0.2, -0.15) is 0 Å². The van der Waals surface area contributed by atoms with Crippen LogP contribution in [0.15, 0.2) is 12.4 Å². The summed E-state index contributed by atoms with van der Waals surface area (Å²) in [6, 6.07) is 1.34. The first-order chi connectivity index (χ1) is 8.40. The molecule has 4 heteroatoms. The van der Waals surface area contributed by atoms with E-state index in [4.69, 9.17) is 0 Å². The van der Waals surface area contributed by atoms with Crippen molar-refractivity contribution in [3.63, 3.8) is 0 Å². The quantitative estimate of drug-likeness (QED) is 0.863. The van der Waals surface area contributed by atoms with Crippen LogP contribution in [0.2, 0.25) is 0 Å². The van der Waals surface area contributed by atoms with E-state index in [1.165, 1.54) is 44.7 Å².